The van der Waals surface area contributed by atoms with Crippen molar-refractivity contribution in [3.8, 4) is 0 Å². The second-order valence-electron chi connectivity index (χ2n) is 5.94. The fraction of sp³-hybridized carbons (Fsp3) is 0.714. The van der Waals surface area contributed by atoms with Crippen molar-refractivity contribution in [3.05, 3.63) is 15.6 Å². The first kappa shape index (κ1) is 16.1. The Morgan fingerprint density at radius 2 is 1.89 bits per heavy atom. The molecule has 0 saturated carbocycles. The fourth-order valence-electron chi connectivity index (χ4n) is 1.87. The number of nitrogens with zero attached hydrogens (tertiary/aromatic N) is 1. The summed E-state index contributed by atoms with van der Waals surface area (Å²) in [6.45, 7) is 12.5. The third-order valence-electron chi connectivity index (χ3n) is 3.01. The topological polar surface area (TPSA) is 54.0 Å². The predicted octanol–water partition coefficient (Wildman–Crippen LogP) is 2.53. The van der Waals surface area contributed by atoms with Crippen LogP contribution in [0.4, 0.5) is 0 Å². The van der Waals surface area contributed by atoms with Crippen molar-refractivity contribution in [1.29, 1.82) is 0 Å². The van der Waals surface area contributed by atoms with Crippen molar-refractivity contribution in [3.63, 3.8) is 0 Å². The van der Waals surface area contributed by atoms with Gasteiger partial charge in [0.1, 0.15) is 0 Å². The molecule has 0 aliphatic rings. The lowest BCUT2D eigenvalue weighted by atomic mass is 9.98. The highest BCUT2D eigenvalue weighted by molar-refractivity contribution is 7.12. The summed E-state index contributed by atoms with van der Waals surface area (Å²) in [5, 5.41) is 7.10. The molecule has 2 N–H and O–H groups in total. The average Bonchev–Trinajstić information content (AvgIpc) is 2.69. The maximum Gasteiger partial charge on any atom is 0.236 e. The van der Waals surface area contributed by atoms with Gasteiger partial charge in [0.15, 0.2) is 0 Å². The summed E-state index contributed by atoms with van der Waals surface area (Å²) < 4.78 is 0. The molecule has 0 bridgehead atoms. The van der Waals surface area contributed by atoms with Crippen LogP contribution in [-0.2, 0) is 10.2 Å². The first-order chi connectivity index (χ1) is 8.66. The number of carbonyl (C=O) groups excluding carboxylic acids is 1. The van der Waals surface area contributed by atoms with Crippen LogP contribution in [0.2, 0.25) is 0 Å². The van der Waals surface area contributed by atoms with Crippen LogP contribution < -0.4 is 10.6 Å². The second kappa shape index (κ2) is 6.01. The Bertz CT molecular complexity index is 448. The number of thiazole rings is 1. The van der Waals surface area contributed by atoms with Crippen molar-refractivity contribution < 1.29 is 4.79 Å². The molecule has 0 fully saturated rings. The molecule has 1 aromatic heterocycles. The van der Waals surface area contributed by atoms with Crippen LogP contribution in [0.3, 0.4) is 0 Å². The highest BCUT2D eigenvalue weighted by Crippen LogP contribution is 2.32. The van der Waals surface area contributed by atoms with Gasteiger partial charge in [-0.1, -0.05) is 20.8 Å². The van der Waals surface area contributed by atoms with Crippen LogP contribution in [0.15, 0.2) is 0 Å². The first-order valence-corrected chi connectivity index (χ1v) is 7.44. The molecule has 1 amide bonds. The zero-order valence-electron chi connectivity index (χ0n) is 12.9. The molecular formula is C14H25N3OS. The van der Waals surface area contributed by atoms with E-state index in [-0.39, 0.29) is 23.4 Å². The third kappa shape index (κ3) is 4.01. The lowest BCUT2D eigenvalue weighted by molar-refractivity contribution is -0.122. The monoisotopic (exact) mass is 283 g/mol. The number of hydrogen-bond acceptors (Lipinski definition) is 4. The van der Waals surface area contributed by atoms with Gasteiger partial charge in [-0.3, -0.25) is 10.1 Å². The minimum atomic E-state index is -0.209. The summed E-state index contributed by atoms with van der Waals surface area (Å²) in [4.78, 5) is 17.4. The molecule has 4 nitrogen and oxygen atoms in total. The quantitative estimate of drug-likeness (QED) is 0.893. The second-order valence-corrected chi connectivity index (χ2v) is 6.97. The van der Waals surface area contributed by atoms with E-state index in [0.717, 1.165) is 10.7 Å². The summed E-state index contributed by atoms with van der Waals surface area (Å²) >= 11 is 1.73. The molecule has 2 unspecified atom stereocenters. The molecule has 0 spiro atoms. The van der Waals surface area contributed by atoms with E-state index in [1.165, 1.54) is 4.88 Å². The van der Waals surface area contributed by atoms with Gasteiger partial charge in [0.05, 0.1) is 16.7 Å². The zero-order chi connectivity index (χ0) is 14.8. The molecule has 1 aromatic rings. The largest absolute Gasteiger partial charge is 0.358 e. The SMILES string of the molecule is CNC(=O)C(C)NC(C)c1sc(C(C)(C)C)nc1C. The summed E-state index contributed by atoms with van der Waals surface area (Å²) in [7, 11) is 1.65. The molecule has 0 radical (unpaired) electrons. The molecule has 0 aliphatic heterocycles. The van der Waals surface area contributed by atoms with Crippen LogP contribution in [0.25, 0.3) is 0 Å². The summed E-state index contributed by atoms with van der Waals surface area (Å²) in [6, 6.07) is -0.0829. The lowest BCUT2D eigenvalue weighted by Crippen LogP contribution is -2.41. The number of rotatable bonds is 4. The standard InChI is InChI=1S/C14H25N3OS/c1-8(16-10(3)12(18)15-7)11-9(2)17-13(19-11)14(4,5)6/h8,10,16H,1-7H3,(H,15,18). The van der Waals surface area contributed by atoms with Crippen molar-refractivity contribution in [2.45, 2.75) is 59.0 Å². The number of carbonyl (C=O) groups is 1. The van der Waals surface area contributed by atoms with E-state index in [2.05, 4.69) is 43.3 Å². The van der Waals surface area contributed by atoms with E-state index in [0.29, 0.717) is 0 Å². The number of nitrogens with one attached hydrogen (secondary N) is 2. The van der Waals surface area contributed by atoms with Crippen molar-refractivity contribution in [1.82, 2.24) is 15.6 Å². The van der Waals surface area contributed by atoms with Crippen molar-refractivity contribution >= 4 is 17.2 Å². The molecule has 19 heavy (non-hydrogen) atoms. The molecule has 0 aromatic carbocycles. The van der Waals surface area contributed by atoms with Gasteiger partial charge in [-0.25, -0.2) is 4.98 Å². The predicted molar refractivity (Wildman–Crippen MR) is 80.6 cm³/mol. The number of aromatic nitrogens is 1. The minimum absolute atomic E-state index is 0.00469. The number of amides is 1. The van der Waals surface area contributed by atoms with Crippen LogP contribution >= 0.6 is 11.3 Å². The Balaban J connectivity index is 2.86. The maximum atomic E-state index is 11.5. The van der Waals surface area contributed by atoms with E-state index in [1.807, 2.05) is 13.8 Å². The van der Waals surface area contributed by atoms with Gasteiger partial charge >= 0.3 is 0 Å². The minimum Gasteiger partial charge on any atom is -0.358 e. The molecule has 1 heterocycles. The Morgan fingerprint density at radius 3 is 2.32 bits per heavy atom. The Labute approximate surface area is 120 Å². The van der Waals surface area contributed by atoms with Gasteiger partial charge in [0, 0.05) is 23.4 Å². The van der Waals surface area contributed by atoms with E-state index < -0.39 is 0 Å². The van der Waals surface area contributed by atoms with Gasteiger partial charge in [-0.15, -0.1) is 11.3 Å². The van der Waals surface area contributed by atoms with Gasteiger partial charge < -0.3 is 5.32 Å². The van der Waals surface area contributed by atoms with Crippen LogP contribution in [0.5, 0.6) is 0 Å². The lowest BCUT2D eigenvalue weighted by Gasteiger charge is -2.18. The number of hydrogen-bond donors (Lipinski definition) is 2. The average molecular weight is 283 g/mol. The van der Waals surface area contributed by atoms with Crippen LogP contribution in [-0.4, -0.2) is 24.0 Å². The summed E-state index contributed by atoms with van der Waals surface area (Å²) in [5.41, 5.74) is 1.12. The third-order valence-corrected chi connectivity index (χ3v) is 4.77. The van der Waals surface area contributed by atoms with Crippen molar-refractivity contribution in [2.75, 3.05) is 7.05 Å². The van der Waals surface area contributed by atoms with Gasteiger partial charge in [-0.05, 0) is 20.8 Å². The smallest absolute Gasteiger partial charge is 0.236 e. The van der Waals surface area contributed by atoms with E-state index in [4.69, 9.17) is 0 Å². The van der Waals surface area contributed by atoms with E-state index >= 15 is 0 Å². The Hall–Kier alpha value is -0.940. The maximum absolute atomic E-state index is 11.5. The zero-order valence-corrected chi connectivity index (χ0v) is 13.7. The number of likely N-dealkylation sites (N-methyl/N-ethyl adjacent to an activating group) is 1. The molecule has 108 valence electrons. The normalized spacial score (nSPS) is 15.1. The van der Waals surface area contributed by atoms with Gasteiger partial charge in [0.25, 0.3) is 0 Å². The van der Waals surface area contributed by atoms with E-state index in [1.54, 1.807) is 18.4 Å². The summed E-state index contributed by atoms with van der Waals surface area (Å²) in [6.07, 6.45) is 0. The molecular weight excluding hydrogens is 258 g/mol. The van der Waals surface area contributed by atoms with Crippen molar-refractivity contribution in [2.24, 2.45) is 0 Å². The molecule has 0 saturated heterocycles. The number of aryl methyl sites for hydroxylation is 1. The first-order valence-electron chi connectivity index (χ1n) is 6.62. The Kier molecular flexibility index (Phi) is 5.10. The Morgan fingerprint density at radius 1 is 1.32 bits per heavy atom. The molecule has 1 rings (SSSR count). The highest BCUT2D eigenvalue weighted by Gasteiger charge is 2.23. The van der Waals surface area contributed by atoms with Gasteiger partial charge in [0.2, 0.25) is 5.91 Å². The van der Waals surface area contributed by atoms with Gasteiger partial charge in [-0.2, -0.15) is 0 Å². The van der Waals surface area contributed by atoms with Crippen LogP contribution in [0.1, 0.15) is 56.2 Å². The molecule has 5 heteroatoms. The fourth-order valence-corrected chi connectivity index (χ4v) is 3.01. The summed E-state index contributed by atoms with van der Waals surface area (Å²) in [5.74, 6) is 0.00469. The molecule has 2 atom stereocenters. The van der Waals surface area contributed by atoms with Crippen LogP contribution in [0, 0.1) is 6.92 Å². The highest BCUT2D eigenvalue weighted by atomic mass is 32.1. The molecule has 0 aliphatic carbocycles. The van der Waals surface area contributed by atoms with E-state index in [9.17, 15) is 4.79 Å².